The number of nitrogens with zero attached hydrogens (tertiary/aromatic N) is 3. The molecule has 0 aliphatic carbocycles. The Morgan fingerprint density at radius 2 is 1.55 bits per heavy atom. The molecule has 1 N–H and O–H groups in total. The molecule has 250 valence electrons. The quantitative estimate of drug-likeness (QED) is 0.0308. The molecule has 1 aromatic heterocycles. The lowest BCUT2D eigenvalue weighted by Crippen LogP contribution is -2.29. The van der Waals surface area contributed by atoms with Crippen molar-refractivity contribution < 1.29 is 24.2 Å². The van der Waals surface area contributed by atoms with Gasteiger partial charge >= 0.3 is 5.91 Å². The summed E-state index contributed by atoms with van der Waals surface area (Å²) in [6.45, 7) is 5.18. The SMILES string of the molecule is CCCCCOc1ccc(C2/C(=C(\O)c3ccc(OCc4ccccc4C)cc3)C(=O)C(=O)N2c2nnc(SCc3ccccc3)s2)cc1. The number of aryl methyl sites for hydroxylation is 1. The number of ketones is 1. The number of rotatable bonds is 14. The summed E-state index contributed by atoms with van der Waals surface area (Å²) in [6.07, 6.45) is 3.14. The van der Waals surface area contributed by atoms with E-state index in [0.29, 0.717) is 45.9 Å². The zero-order valence-corrected chi connectivity index (χ0v) is 29.0. The Morgan fingerprint density at radius 1 is 0.857 bits per heavy atom. The largest absolute Gasteiger partial charge is 0.507 e. The Hall–Kier alpha value is -4.93. The number of aliphatic hydroxyl groups excluding tert-OH is 1. The van der Waals surface area contributed by atoms with E-state index in [-0.39, 0.29) is 16.5 Å². The first kappa shape index (κ1) is 34.0. The highest BCUT2D eigenvalue weighted by Crippen LogP contribution is 2.44. The maximum Gasteiger partial charge on any atom is 0.301 e. The van der Waals surface area contributed by atoms with Gasteiger partial charge in [-0.2, -0.15) is 0 Å². The molecule has 1 fully saturated rings. The van der Waals surface area contributed by atoms with E-state index in [1.807, 2.05) is 85.8 Å². The van der Waals surface area contributed by atoms with Crippen LogP contribution >= 0.6 is 23.1 Å². The highest BCUT2D eigenvalue weighted by molar-refractivity contribution is 8.00. The van der Waals surface area contributed by atoms with Gasteiger partial charge in [0.15, 0.2) is 4.34 Å². The van der Waals surface area contributed by atoms with Crippen molar-refractivity contribution in [2.75, 3.05) is 11.5 Å². The van der Waals surface area contributed by atoms with Crippen LogP contribution in [0.1, 0.15) is 60.0 Å². The molecule has 5 aromatic rings. The number of carbonyl (C=O) groups is 2. The van der Waals surface area contributed by atoms with Gasteiger partial charge in [-0.3, -0.25) is 14.5 Å². The van der Waals surface area contributed by atoms with Crippen LogP contribution in [0.15, 0.2) is 113 Å². The molecule has 0 radical (unpaired) electrons. The topological polar surface area (TPSA) is 102 Å². The molecular weight excluding hydrogens is 655 g/mol. The van der Waals surface area contributed by atoms with E-state index in [9.17, 15) is 14.7 Å². The van der Waals surface area contributed by atoms with Crippen LogP contribution in [-0.2, 0) is 21.9 Å². The second-order valence-electron chi connectivity index (χ2n) is 11.7. The third kappa shape index (κ3) is 8.04. The van der Waals surface area contributed by atoms with Crippen LogP contribution in [0, 0.1) is 6.92 Å². The molecule has 0 spiro atoms. The molecule has 0 bridgehead atoms. The van der Waals surface area contributed by atoms with Crippen molar-refractivity contribution in [3.8, 4) is 11.5 Å². The number of benzene rings is 4. The van der Waals surface area contributed by atoms with E-state index in [4.69, 9.17) is 9.47 Å². The van der Waals surface area contributed by atoms with Gasteiger partial charge in [-0.1, -0.05) is 110 Å². The van der Waals surface area contributed by atoms with Gasteiger partial charge in [-0.05, 0) is 72.0 Å². The van der Waals surface area contributed by atoms with Crippen LogP contribution in [-0.4, -0.2) is 33.6 Å². The summed E-state index contributed by atoms with van der Waals surface area (Å²) < 4.78 is 12.6. The van der Waals surface area contributed by atoms with Gasteiger partial charge in [0.1, 0.15) is 23.9 Å². The van der Waals surface area contributed by atoms with E-state index >= 15 is 0 Å². The highest BCUT2D eigenvalue weighted by Gasteiger charge is 2.48. The predicted octanol–water partition coefficient (Wildman–Crippen LogP) is 8.91. The number of amides is 1. The van der Waals surface area contributed by atoms with Gasteiger partial charge in [0, 0.05) is 11.3 Å². The minimum Gasteiger partial charge on any atom is -0.507 e. The van der Waals surface area contributed by atoms with Crippen LogP contribution < -0.4 is 14.4 Å². The smallest absolute Gasteiger partial charge is 0.301 e. The van der Waals surface area contributed by atoms with E-state index in [2.05, 4.69) is 17.1 Å². The zero-order chi connectivity index (χ0) is 34.2. The van der Waals surface area contributed by atoms with Crippen molar-refractivity contribution in [3.05, 3.63) is 137 Å². The fraction of sp³-hybridized carbons (Fsp3) is 0.231. The first-order chi connectivity index (χ1) is 23.9. The summed E-state index contributed by atoms with van der Waals surface area (Å²) in [5, 5.41) is 20.6. The Kier molecular flexibility index (Phi) is 11.1. The minimum absolute atomic E-state index is 0.0242. The second kappa shape index (κ2) is 16.0. The Labute approximate surface area is 294 Å². The lowest BCUT2D eigenvalue weighted by atomic mass is 9.95. The average molecular weight is 692 g/mol. The summed E-state index contributed by atoms with van der Waals surface area (Å²) in [5.74, 6) is 0.132. The minimum atomic E-state index is -0.925. The van der Waals surface area contributed by atoms with Crippen molar-refractivity contribution >= 4 is 45.7 Å². The van der Waals surface area contributed by atoms with Gasteiger partial charge < -0.3 is 14.6 Å². The molecule has 49 heavy (non-hydrogen) atoms. The number of hydrogen-bond acceptors (Lipinski definition) is 9. The molecule has 1 aliphatic heterocycles. The molecule has 1 amide bonds. The van der Waals surface area contributed by atoms with E-state index in [0.717, 1.165) is 36.0 Å². The van der Waals surface area contributed by atoms with Crippen LogP contribution in [0.3, 0.4) is 0 Å². The van der Waals surface area contributed by atoms with E-state index in [1.165, 1.54) is 28.0 Å². The highest BCUT2D eigenvalue weighted by atomic mass is 32.2. The maximum absolute atomic E-state index is 13.7. The molecule has 1 saturated heterocycles. The number of aromatic nitrogens is 2. The summed E-state index contributed by atoms with van der Waals surface area (Å²) in [7, 11) is 0. The van der Waals surface area contributed by atoms with Crippen LogP contribution in [0.25, 0.3) is 5.76 Å². The standard InChI is InChI=1S/C39H37N3O5S2/c1-3-4-10-23-46-31-19-15-28(16-20-31)34-33(35(43)29-17-21-32(22-18-29)47-24-30-14-9-8-11-26(30)2)36(44)37(45)42(34)38-40-41-39(49-38)48-25-27-12-6-5-7-13-27/h5-9,11-22,34,43H,3-4,10,23-25H2,1-2H3/b35-33+. The third-order valence-corrected chi connectivity index (χ3v) is 10.4. The number of ether oxygens (including phenoxy) is 2. The molecule has 1 atom stereocenters. The van der Waals surface area contributed by atoms with Crippen molar-refractivity contribution in [2.45, 2.75) is 55.9 Å². The first-order valence-corrected chi connectivity index (χ1v) is 18.0. The van der Waals surface area contributed by atoms with Crippen LogP contribution in [0.5, 0.6) is 11.5 Å². The third-order valence-electron chi connectivity index (χ3n) is 8.25. The molecular formula is C39H37N3O5S2. The molecule has 1 unspecified atom stereocenters. The molecule has 10 heteroatoms. The normalized spacial score (nSPS) is 15.5. The summed E-state index contributed by atoms with van der Waals surface area (Å²) >= 11 is 2.74. The first-order valence-electron chi connectivity index (χ1n) is 16.2. The Bertz CT molecular complexity index is 1920. The van der Waals surface area contributed by atoms with E-state index < -0.39 is 17.7 Å². The molecule has 8 nitrogen and oxygen atoms in total. The molecule has 1 aliphatic rings. The number of unbranched alkanes of at least 4 members (excludes halogenated alkanes) is 2. The number of thioether (sulfide) groups is 1. The van der Waals surface area contributed by atoms with Crippen LogP contribution in [0.4, 0.5) is 5.13 Å². The van der Waals surface area contributed by atoms with Crippen LogP contribution in [0.2, 0.25) is 0 Å². The molecule has 2 heterocycles. The molecule has 0 saturated carbocycles. The second-order valence-corrected chi connectivity index (χ2v) is 13.8. The zero-order valence-electron chi connectivity index (χ0n) is 27.4. The maximum atomic E-state index is 13.7. The number of Topliss-reactive ketones (excluding diaryl/α,β-unsaturated/α-hetero) is 1. The summed E-state index contributed by atoms with van der Waals surface area (Å²) in [5.41, 5.74) is 4.34. The number of carbonyl (C=O) groups excluding carboxylic acids is 2. The predicted molar refractivity (Wildman–Crippen MR) is 194 cm³/mol. The monoisotopic (exact) mass is 691 g/mol. The van der Waals surface area contributed by atoms with Crippen molar-refractivity contribution in [3.63, 3.8) is 0 Å². The summed E-state index contributed by atoms with van der Waals surface area (Å²) in [4.78, 5) is 28.8. The van der Waals surface area contributed by atoms with E-state index in [1.54, 1.807) is 24.3 Å². The van der Waals surface area contributed by atoms with Gasteiger partial charge in [-0.15, -0.1) is 10.2 Å². The molecule has 4 aromatic carbocycles. The number of anilines is 1. The number of aliphatic hydroxyl groups is 1. The van der Waals surface area contributed by atoms with Gasteiger partial charge in [0.25, 0.3) is 5.78 Å². The lowest BCUT2D eigenvalue weighted by molar-refractivity contribution is -0.132. The van der Waals surface area contributed by atoms with Gasteiger partial charge in [0.2, 0.25) is 5.13 Å². The molecule has 6 rings (SSSR count). The Morgan fingerprint density at radius 3 is 2.29 bits per heavy atom. The van der Waals surface area contributed by atoms with Crippen molar-refractivity contribution in [2.24, 2.45) is 0 Å². The average Bonchev–Trinajstić information content (AvgIpc) is 3.71. The fourth-order valence-electron chi connectivity index (χ4n) is 5.51. The van der Waals surface area contributed by atoms with Gasteiger partial charge in [0.05, 0.1) is 18.2 Å². The lowest BCUT2D eigenvalue weighted by Gasteiger charge is -2.22. The summed E-state index contributed by atoms with van der Waals surface area (Å²) in [6, 6.07) is 31.2. The van der Waals surface area contributed by atoms with Crippen molar-refractivity contribution in [1.82, 2.24) is 10.2 Å². The van der Waals surface area contributed by atoms with Crippen molar-refractivity contribution in [1.29, 1.82) is 0 Å². The Balaban J connectivity index is 1.29. The van der Waals surface area contributed by atoms with Gasteiger partial charge in [-0.25, -0.2) is 0 Å². The number of hydrogen-bond donors (Lipinski definition) is 1. The fourth-order valence-corrected chi connectivity index (χ4v) is 7.33.